The first-order valence-corrected chi connectivity index (χ1v) is 3.56. The molecule has 1 rings (SSSR count). The van der Waals surface area contributed by atoms with Crippen molar-refractivity contribution in [3.63, 3.8) is 0 Å². The highest BCUT2D eigenvalue weighted by Gasteiger charge is 2.04. The lowest BCUT2D eigenvalue weighted by atomic mass is 10.2. The number of aliphatic carboxylic acids is 1. The largest absolute Gasteiger partial charge is 0.481 e. The second kappa shape index (κ2) is 3.71. The second-order valence-corrected chi connectivity index (χ2v) is 2.35. The molecule has 1 aromatic rings. The van der Waals surface area contributed by atoms with Crippen LogP contribution in [0.2, 0.25) is 0 Å². The number of carboxylic acids is 1. The average Bonchev–Trinajstić information content (AvgIpc) is 2.04. The fraction of sp³-hybridized carbons (Fsp3) is 0.250. The molecule has 1 heterocycles. The van der Waals surface area contributed by atoms with Crippen LogP contribution in [0.15, 0.2) is 18.5 Å². The molecule has 0 amide bonds. The number of anilines is 1. The third-order valence-corrected chi connectivity index (χ3v) is 1.51. The number of aromatic nitrogens is 1. The monoisotopic (exact) mass is 166 g/mol. The van der Waals surface area contributed by atoms with Gasteiger partial charge in [0.15, 0.2) is 0 Å². The third-order valence-electron chi connectivity index (χ3n) is 1.51. The number of hydrogen-bond donors (Lipinski definition) is 2. The lowest BCUT2D eigenvalue weighted by molar-refractivity contribution is -0.136. The number of pyridine rings is 1. The van der Waals surface area contributed by atoms with Gasteiger partial charge in [0.25, 0.3) is 0 Å². The summed E-state index contributed by atoms with van der Waals surface area (Å²) in [7, 11) is 1.75. The second-order valence-electron chi connectivity index (χ2n) is 2.35. The van der Waals surface area contributed by atoms with Gasteiger partial charge in [-0.05, 0) is 6.07 Å². The van der Waals surface area contributed by atoms with E-state index >= 15 is 0 Å². The van der Waals surface area contributed by atoms with Crippen molar-refractivity contribution in [3.05, 3.63) is 24.0 Å². The molecule has 0 unspecified atom stereocenters. The molecular weight excluding hydrogens is 156 g/mol. The Morgan fingerprint density at radius 2 is 2.50 bits per heavy atom. The van der Waals surface area contributed by atoms with Gasteiger partial charge in [-0.15, -0.1) is 0 Å². The van der Waals surface area contributed by atoms with E-state index in [1.807, 2.05) is 0 Å². The summed E-state index contributed by atoms with van der Waals surface area (Å²) in [6, 6.07) is 1.75. The van der Waals surface area contributed by atoms with Gasteiger partial charge in [-0.25, -0.2) is 0 Å². The van der Waals surface area contributed by atoms with Crippen molar-refractivity contribution in [2.45, 2.75) is 6.42 Å². The Morgan fingerprint density at radius 1 is 1.75 bits per heavy atom. The Balaban J connectivity index is 2.89. The van der Waals surface area contributed by atoms with Gasteiger partial charge in [0.2, 0.25) is 0 Å². The summed E-state index contributed by atoms with van der Waals surface area (Å²) in [5, 5.41) is 11.4. The van der Waals surface area contributed by atoms with Crippen LogP contribution in [0.25, 0.3) is 0 Å². The van der Waals surface area contributed by atoms with E-state index in [1.165, 1.54) is 0 Å². The van der Waals surface area contributed by atoms with Crippen molar-refractivity contribution in [1.29, 1.82) is 0 Å². The van der Waals surface area contributed by atoms with E-state index in [2.05, 4.69) is 10.3 Å². The SMILES string of the molecule is CNc1ccncc1CC(=O)O. The standard InChI is InChI=1S/C8H10N2O2/c1-9-7-2-3-10-5-6(7)4-8(11)12/h2-3,5H,4H2,1H3,(H,9,10)(H,11,12). The fourth-order valence-electron chi connectivity index (χ4n) is 0.975. The number of carboxylic acid groups (broad SMARTS) is 1. The maximum Gasteiger partial charge on any atom is 0.307 e. The Kier molecular flexibility index (Phi) is 2.63. The lowest BCUT2D eigenvalue weighted by Crippen LogP contribution is -2.03. The molecule has 0 saturated heterocycles. The summed E-state index contributed by atoms with van der Waals surface area (Å²) in [6.07, 6.45) is 3.18. The molecule has 0 bridgehead atoms. The average molecular weight is 166 g/mol. The van der Waals surface area contributed by atoms with E-state index in [0.717, 1.165) is 5.69 Å². The minimum atomic E-state index is -0.848. The molecule has 0 fully saturated rings. The maximum absolute atomic E-state index is 10.4. The van der Waals surface area contributed by atoms with Crippen molar-refractivity contribution < 1.29 is 9.90 Å². The highest BCUT2D eigenvalue weighted by Crippen LogP contribution is 2.12. The van der Waals surface area contributed by atoms with Gasteiger partial charge in [-0.1, -0.05) is 0 Å². The van der Waals surface area contributed by atoms with Gasteiger partial charge in [0, 0.05) is 30.7 Å². The molecule has 0 aliphatic carbocycles. The van der Waals surface area contributed by atoms with E-state index in [-0.39, 0.29) is 6.42 Å². The van der Waals surface area contributed by atoms with Crippen molar-refractivity contribution in [2.75, 3.05) is 12.4 Å². The van der Waals surface area contributed by atoms with E-state index in [9.17, 15) is 4.79 Å². The number of nitrogens with zero attached hydrogens (tertiary/aromatic N) is 1. The normalized spacial score (nSPS) is 9.42. The first-order chi connectivity index (χ1) is 5.74. The van der Waals surface area contributed by atoms with Crippen LogP contribution in [0.3, 0.4) is 0 Å². The molecule has 0 spiro atoms. The molecule has 4 heteroatoms. The molecule has 0 saturated carbocycles. The molecule has 2 N–H and O–H groups in total. The number of nitrogens with one attached hydrogen (secondary N) is 1. The zero-order valence-corrected chi connectivity index (χ0v) is 6.74. The van der Waals surface area contributed by atoms with Gasteiger partial charge in [0.05, 0.1) is 6.42 Å². The van der Waals surface area contributed by atoms with Crippen LogP contribution in [0, 0.1) is 0 Å². The smallest absolute Gasteiger partial charge is 0.307 e. The van der Waals surface area contributed by atoms with E-state index in [0.29, 0.717) is 5.56 Å². The summed E-state index contributed by atoms with van der Waals surface area (Å²) < 4.78 is 0. The third kappa shape index (κ3) is 1.95. The van der Waals surface area contributed by atoms with Crippen LogP contribution >= 0.6 is 0 Å². The molecular formula is C8H10N2O2. The first kappa shape index (κ1) is 8.52. The van der Waals surface area contributed by atoms with Crippen molar-refractivity contribution in [3.8, 4) is 0 Å². The zero-order valence-electron chi connectivity index (χ0n) is 6.74. The fourth-order valence-corrected chi connectivity index (χ4v) is 0.975. The van der Waals surface area contributed by atoms with Gasteiger partial charge < -0.3 is 10.4 Å². The van der Waals surface area contributed by atoms with Crippen molar-refractivity contribution in [2.24, 2.45) is 0 Å². The van der Waals surface area contributed by atoms with Crippen LogP contribution in [0.1, 0.15) is 5.56 Å². The van der Waals surface area contributed by atoms with E-state index < -0.39 is 5.97 Å². The Bertz CT molecular complexity index is 286. The van der Waals surface area contributed by atoms with E-state index in [4.69, 9.17) is 5.11 Å². The molecule has 0 aliphatic rings. The topological polar surface area (TPSA) is 62.2 Å². The maximum atomic E-state index is 10.4. The molecule has 4 nitrogen and oxygen atoms in total. The minimum Gasteiger partial charge on any atom is -0.481 e. The number of carbonyl (C=O) groups is 1. The highest BCUT2D eigenvalue weighted by atomic mass is 16.4. The summed E-state index contributed by atoms with van der Waals surface area (Å²) in [5.74, 6) is -0.848. The summed E-state index contributed by atoms with van der Waals surface area (Å²) >= 11 is 0. The molecule has 1 aromatic heterocycles. The van der Waals surface area contributed by atoms with Crippen LogP contribution in [0.4, 0.5) is 5.69 Å². The molecule has 64 valence electrons. The highest BCUT2D eigenvalue weighted by molar-refractivity contribution is 5.72. The van der Waals surface area contributed by atoms with Crippen molar-refractivity contribution >= 4 is 11.7 Å². The van der Waals surface area contributed by atoms with Gasteiger partial charge >= 0.3 is 5.97 Å². The molecule has 0 aliphatic heterocycles. The Labute approximate surface area is 70.3 Å². The van der Waals surface area contributed by atoms with Gasteiger partial charge in [0.1, 0.15) is 0 Å². The number of hydrogen-bond acceptors (Lipinski definition) is 3. The molecule has 0 atom stereocenters. The van der Waals surface area contributed by atoms with Crippen molar-refractivity contribution in [1.82, 2.24) is 4.98 Å². The van der Waals surface area contributed by atoms with Crippen LogP contribution in [-0.2, 0) is 11.2 Å². The van der Waals surface area contributed by atoms with Crippen LogP contribution in [-0.4, -0.2) is 23.1 Å². The summed E-state index contributed by atoms with van der Waals surface area (Å²) in [6.45, 7) is 0. The number of rotatable bonds is 3. The van der Waals surface area contributed by atoms with Crippen LogP contribution in [0.5, 0.6) is 0 Å². The van der Waals surface area contributed by atoms with Crippen LogP contribution < -0.4 is 5.32 Å². The Morgan fingerprint density at radius 3 is 3.08 bits per heavy atom. The lowest BCUT2D eigenvalue weighted by Gasteiger charge is -2.04. The molecule has 0 radical (unpaired) electrons. The summed E-state index contributed by atoms with van der Waals surface area (Å²) in [5.41, 5.74) is 1.51. The molecule has 12 heavy (non-hydrogen) atoms. The predicted octanol–water partition coefficient (Wildman–Crippen LogP) is 0.750. The van der Waals surface area contributed by atoms with Gasteiger partial charge in [-0.3, -0.25) is 9.78 Å². The quantitative estimate of drug-likeness (QED) is 0.695. The first-order valence-electron chi connectivity index (χ1n) is 3.56. The van der Waals surface area contributed by atoms with E-state index in [1.54, 1.807) is 25.5 Å². The summed E-state index contributed by atoms with van der Waals surface area (Å²) in [4.78, 5) is 14.2. The minimum absolute atomic E-state index is 0.00398. The zero-order chi connectivity index (χ0) is 8.97. The Hall–Kier alpha value is -1.58. The predicted molar refractivity (Wildman–Crippen MR) is 45.1 cm³/mol. The van der Waals surface area contributed by atoms with Gasteiger partial charge in [-0.2, -0.15) is 0 Å². The molecule has 0 aromatic carbocycles.